The molecule has 4 bridgehead atoms. The van der Waals surface area contributed by atoms with Crippen molar-refractivity contribution in [2.75, 3.05) is 6.61 Å². The molecule has 4 fully saturated rings. The van der Waals surface area contributed by atoms with E-state index in [9.17, 15) is 14.4 Å². The maximum Gasteiger partial charge on any atom is 0.312 e. The molecule has 4 saturated carbocycles. The van der Waals surface area contributed by atoms with Crippen LogP contribution in [-0.2, 0) is 27.3 Å². The first-order valence-electron chi connectivity index (χ1n) is 12.4. The Labute approximate surface area is 205 Å². The molecule has 1 amide bonds. The topological polar surface area (TPSA) is 77.4 Å². The van der Waals surface area contributed by atoms with E-state index >= 15 is 0 Å². The minimum absolute atomic E-state index is 0.0323. The Kier molecular flexibility index (Phi) is 5.95. The van der Waals surface area contributed by atoms with Crippen LogP contribution in [-0.4, -0.2) is 34.4 Å². The van der Waals surface area contributed by atoms with Crippen molar-refractivity contribution in [3.63, 3.8) is 0 Å². The zero-order chi connectivity index (χ0) is 24.1. The number of Topliss-reactive ketones (excluding diaryl/α,β-unsaturated/α-hetero) is 1. The molecule has 0 spiro atoms. The first-order valence-corrected chi connectivity index (χ1v) is 13.2. The van der Waals surface area contributed by atoms with E-state index in [-0.39, 0.29) is 29.8 Å². The maximum atomic E-state index is 13.4. The van der Waals surface area contributed by atoms with Gasteiger partial charge < -0.3 is 14.6 Å². The van der Waals surface area contributed by atoms with Crippen molar-refractivity contribution in [2.24, 2.45) is 17.3 Å². The van der Waals surface area contributed by atoms with E-state index < -0.39 is 5.41 Å². The van der Waals surface area contributed by atoms with Crippen LogP contribution in [0.15, 0.2) is 23.6 Å². The Hall–Kier alpha value is -2.41. The molecule has 0 saturated heterocycles. The number of aryl methyl sites for hydroxylation is 2. The zero-order valence-corrected chi connectivity index (χ0v) is 21.1. The predicted octanol–water partition coefficient (Wildman–Crippen LogP) is 4.61. The summed E-state index contributed by atoms with van der Waals surface area (Å²) in [6, 6.07) is 6.10. The Bertz CT molecular complexity index is 1100. The van der Waals surface area contributed by atoms with Crippen molar-refractivity contribution in [3.8, 4) is 0 Å². The van der Waals surface area contributed by atoms with Crippen molar-refractivity contribution < 1.29 is 19.1 Å². The number of nitrogens with one attached hydrogen (secondary N) is 1. The number of esters is 1. The first-order chi connectivity index (χ1) is 16.2. The molecule has 4 aliphatic rings. The Morgan fingerprint density at radius 1 is 1.18 bits per heavy atom. The number of ketones is 1. The number of ether oxygens (including phenoxy) is 1. The molecule has 7 heteroatoms. The maximum absolute atomic E-state index is 13.4. The number of nitrogens with zero attached hydrogens (tertiary/aromatic N) is 1. The molecule has 6 rings (SSSR count). The van der Waals surface area contributed by atoms with Gasteiger partial charge in [0.15, 0.2) is 6.61 Å². The number of carbonyl (C=O) groups is 3. The normalized spacial score (nSPS) is 29.3. The third-order valence-electron chi connectivity index (χ3n) is 8.31. The number of carbonyl (C=O) groups excluding carboxylic acids is 3. The lowest BCUT2D eigenvalue weighted by molar-refractivity contribution is -0.174. The van der Waals surface area contributed by atoms with Crippen LogP contribution in [0.2, 0.25) is 0 Å². The van der Waals surface area contributed by atoms with Crippen LogP contribution in [0, 0.1) is 31.1 Å². The number of thiophene rings is 1. The van der Waals surface area contributed by atoms with Crippen LogP contribution in [0.1, 0.15) is 72.1 Å². The Morgan fingerprint density at radius 2 is 1.91 bits per heavy atom. The minimum Gasteiger partial charge on any atom is -0.457 e. The highest BCUT2D eigenvalue weighted by atomic mass is 32.1. The molecule has 2 atom stereocenters. The lowest BCUT2D eigenvalue weighted by Gasteiger charge is -2.60. The molecule has 0 aliphatic heterocycles. The van der Waals surface area contributed by atoms with Crippen molar-refractivity contribution in [3.05, 3.63) is 45.4 Å². The smallest absolute Gasteiger partial charge is 0.312 e. The van der Waals surface area contributed by atoms with Crippen molar-refractivity contribution in [1.82, 2.24) is 9.88 Å². The fourth-order valence-electron chi connectivity index (χ4n) is 7.49. The van der Waals surface area contributed by atoms with Gasteiger partial charge in [-0.1, -0.05) is 6.07 Å². The van der Waals surface area contributed by atoms with Gasteiger partial charge in [-0.25, -0.2) is 0 Å². The summed E-state index contributed by atoms with van der Waals surface area (Å²) in [6.45, 7) is 6.13. The van der Waals surface area contributed by atoms with Gasteiger partial charge in [0.25, 0.3) is 0 Å². The molecule has 1 N–H and O–H groups in total. The zero-order valence-electron chi connectivity index (χ0n) is 20.3. The van der Waals surface area contributed by atoms with E-state index in [0.29, 0.717) is 23.8 Å². The summed E-state index contributed by atoms with van der Waals surface area (Å²) in [4.78, 5) is 39.6. The Morgan fingerprint density at radius 3 is 2.56 bits per heavy atom. The first kappa shape index (κ1) is 23.3. The van der Waals surface area contributed by atoms with Gasteiger partial charge in [0.05, 0.1) is 5.41 Å². The van der Waals surface area contributed by atoms with Gasteiger partial charge in [-0.15, -0.1) is 11.3 Å². The number of aromatic nitrogens is 1. The largest absolute Gasteiger partial charge is 0.457 e. The third kappa shape index (κ3) is 4.23. The Balaban J connectivity index is 1.25. The van der Waals surface area contributed by atoms with Crippen LogP contribution >= 0.6 is 11.3 Å². The van der Waals surface area contributed by atoms with Crippen LogP contribution in [0.3, 0.4) is 0 Å². The molecule has 2 unspecified atom stereocenters. The fraction of sp³-hybridized carbons (Fsp3) is 0.593. The lowest BCUT2D eigenvalue weighted by Crippen LogP contribution is -2.64. The van der Waals surface area contributed by atoms with Gasteiger partial charge in [-0.3, -0.25) is 14.4 Å². The molecule has 2 aromatic rings. The van der Waals surface area contributed by atoms with Gasteiger partial charge in [0.2, 0.25) is 11.7 Å². The summed E-state index contributed by atoms with van der Waals surface area (Å²) < 4.78 is 7.88. The SMILES string of the molecule is CC(=O)NC12CC3CC(C1)CC(C(=O)OCC(=O)c1cc(C)n(CCc4cccs4)c1C)(C3)C2. The van der Waals surface area contributed by atoms with E-state index in [1.807, 2.05) is 19.9 Å². The van der Waals surface area contributed by atoms with Crippen LogP contribution < -0.4 is 5.32 Å². The van der Waals surface area contributed by atoms with Gasteiger partial charge in [0, 0.05) is 40.8 Å². The monoisotopic (exact) mass is 482 g/mol. The van der Waals surface area contributed by atoms with E-state index in [1.165, 1.54) is 4.88 Å². The molecule has 182 valence electrons. The molecule has 34 heavy (non-hydrogen) atoms. The second-order valence-corrected chi connectivity index (χ2v) is 12.0. The molecule has 2 heterocycles. The summed E-state index contributed by atoms with van der Waals surface area (Å²) in [5, 5.41) is 5.26. The van der Waals surface area contributed by atoms with Gasteiger partial charge in [-0.05, 0) is 88.1 Å². The van der Waals surface area contributed by atoms with Crippen molar-refractivity contribution in [2.45, 2.75) is 77.8 Å². The summed E-state index contributed by atoms with van der Waals surface area (Å²) >= 11 is 1.74. The van der Waals surface area contributed by atoms with E-state index in [1.54, 1.807) is 18.3 Å². The average Bonchev–Trinajstić information content (AvgIpc) is 3.36. The van der Waals surface area contributed by atoms with Crippen LogP contribution in [0.25, 0.3) is 0 Å². The molecular formula is C27H34N2O4S. The number of hydrogen-bond donors (Lipinski definition) is 1. The molecule has 6 nitrogen and oxygen atoms in total. The number of hydrogen-bond acceptors (Lipinski definition) is 5. The number of rotatable bonds is 8. The summed E-state index contributed by atoms with van der Waals surface area (Å²) in [5.74, 6) is 0.452. The molecule has 0 aromatic carbocycles. The molecular weight excluding hydrogens is 448 g/mol. The van der Waals surface area contributed by atoms with E-state index in [4.69, 9.17) is 4.74 Å². The van der Waals surface area contributed by atoms with Gasteiger partial charge >= 0.3 is 5.97 Å². The minimum atomic E-state index is -0.565. The number of amides is 1. The fourth-order valence-corrected chi connectivity index (χ4v) is 8.19. The standard InChI is InChI=1S/C27H34N2O4S/c1-17-9-23(18(2)29(17)7-6-22-5-4-8-34-22)24(31)15-33-25(32)26-11-20-10-21(12-26)14-27(13-20,16-26)28-19(3)30/h4-5,8-9,20-21H,6-7,10-16H2,1-3H3,(H,28,30). The highest BCUT2D eigenvalue weighted by Gasteiger charge is 2.61. The third-order valence-corrected chi connectivity index (χ3v) is 9.24. The quantitative estimate of drug-likeness (QED) is 0.440. The second kappa shape index (κ2) is 8.67. The molecule has 2 aromatic heterocycles. The van der Waals surface area contributed by atoms with Crippen molar-refractivity contribution in [1.29, 1.82) is 0 Å². The van der Waals surface area contributed by atoms with Gasteiger partial charge in [0.1, 0.15) is 0 Å². The van der Waals surface area contributed by atoms with Crippen LogP contribution in [0.5, 0.6) is 0 Å². The summed E-state index contributed by atoms with van der Waals surface area (Å²) in [6.07, 6.45) is 6.23. The average molecular weight is 483 g/mol. The lowest BCUT2D eigenvalue weighted by atomic mass is 9.47. The van der Waals surface area contributed by atoms with Gasteiger partial charge in [-0.2, -0.15) is 0 Å². The molecule has 0 radical (unpaired) electrons. The van der Waals surface area contributed by atoms with E-state index in [0.717, 1.165) is 56.5 Å². The summed E-state index contributed by atoms with van der Waals surface area (Å²) in [7, 11) is 0. The highest BCUT2D eigenvalue weighted by Crippen LogP contribution is 2.62. The van der Waals surface area contributed by atoms with Crippen LogP contribution in [0.4, 0.5) is 0 Å². The van der Waals surface area contributed by atoms with Crippen molar-refractivity contribution >= 4 is 29.0 Å². The highest BCUT2D eigenvalue weighted by molar-refractivity contribution is 7.09. The van der Waals surface area contributed by atoms with E-state index in [2.05, 4.69) is 27.4 Å². The predicted molar refractivity (Wildman–Crippen MR) is 131 cm³/mol. The summed E-state index contributed by atoms with van der Waals surface area (Å²) in [5.41, 5.74) is 1.75. The second-order valence-electron chi connectivity index (χ2n) is 11.0. The molecule has 4 aliphatic carbocycles.